The minimum atomic E-state index is -0.820. The molecule has 94 valence electrons. The Hall–Kier alpha value is -1.96. The van der Waals surface area contributed by atoms with Gasteiger partial charge in [-0.15, -0.1) is 0 Å². The van der Waals surface area contributed by atoms with Crippen LogP contribution in [0.15, 0.2) is 17.7 Å². The van der Waals surface area contributed by atoms with Crippen LogP contribution in [0.1, 0.15) is 6.92 Å². The number of esters is 1. The molecule has 2 aromatic heterocycles. The lowest BCUT2D eigenvalue weighted by Crippen LogP contribution is -2.19. The topological polar surface area (TPSA) is 97.8 Å². The lowest BCUT2D eigenvalue weighted by Gasteiger charge is -2.01. The second-order valence-electron chi connectivity index (χ2n) is 3.21. The highest BCUT2D eigenvalue weighted by molar-refractivity contribution is 8.00. The molecule has 2 heterocycles. The van der Waals surface area contributed by atoms with Crippen LogP contribution >= 0.6 is 11.8 Å². The summed E-state index contributed by atoms with van der Waals surface area (Å²) in [7, 11) is 0. The zero-order chi connectivity index (χ0) is 13.0. The molecule has 0 aromatic carbocycles. The van der Waals surface area contributed by atoms with Crippen LogP contribution in [0.3, 0.4) is 0 Å². The third kappa shape index (κ3) is 2.65. The molecule has 0 amide bonds. The van der Waals surface area contributed by atoms with Crippen LogP contribution in [0.4, 0.5) is 0 Å². The quantitative estimate of drug-likeness (QED) is 0.366. The fourth-order valence-electron chi connectivity index (χ4n) is 1.26. The lowest BCUT2D eigenvalue weighted by atomic mass is 10.5. The summed E-state index contributed by atoms with van der Waals surface area (Å²) in [5.41, 5.74) is 1.18. The molecule has 0 saturated carbocycles. The number of H-pyrrole nitrogens is 1. The number of nitrogens with zero attached hydrogens (tertiary/aromatic N) is 3. The lowest BCUT2D eigenvalue weighted by molar-refractivity contribution is -0.152. The summed E-state index contributed by atoms with van der Waals surface area (Å²) in [6.45, 7) is 1.84. The van der Waals surface area contributed by atoms with Crippen molar-refractivity contribution in [3.05, 3.63) is 12.7 Å². The number of ketones is 1. The molecule has 0 spiro atoms. The van der Waals surface area contributed by atoms with Crippen molar-refractivity contribution < 1.29 is 14.3 Å². The van der Waals surface area contributed by atoms with Crippen molar-refractivity contribution >= 4 is 34.7 Å². The number of rotatable bonds is 5. The van der Waals surface area contributed by atoms with Gasteiger partial charge in [0.05, 0.1) is 18.7 Å². The summed E-state index contributed by atoms with van der Waals surface area (Å²) in [5.74, 6) is -1.43. The van der Waals surface area contributed by atoms with Crippen molar-refractivity contribution in [2.75, 3.05) is 12.4 Å². The number of carbonyl (C=O) groups excluding carboxylic acids is 2. The van der Waals surface area contributed by atoms with Crippen LogP contribution in [-0.4, -0.2) is 44.0 Å². The van der Waals surface area contributed by atoms with Crippen molar-refractivity contribution in [3.63, 3.8) is 0 Å². The number of fused-ring (bicyclic) bond motifs is 1. The van der Waals surface area contributed by atoms with Crippen LogP contribution in [0, 0.1) is 0 Å². The van der Waals surface area contributed by atoms with Crippen molar-refractivity contribution in [1.29, 1.82) is 0 Å². The van der Waals surface area contributed by atoms with Crippen LogP contribution in [0.5, 0.6) is 0 Å². The fourth-order valence-corrected chi connectivity index (χ4v) is 2.06. The molecule has 2 rings (SSSR count). The van der Waals surface area contributed by atoms with E-state index in [2.05, 4.69) is 24.7 Å². The van der Waals surface area contributed by atoms with Gasteiger partial charge in [0.15, 0.2) is 5.65 Å². The number of aromatic nitrogens is 4. The molecule has 0 fully saturated rings. The van der Waals surface area contributed by atoms with E-state index in [0.717, 1.165) is 11.8 Å². The molecule has 0 unspecified atom stereocenters. The number of aromatic amines is 1. The van der Waals surface area contributed by atoms with Gasteiger partial charge in [0, 0.05) is 0 Å². The molecule has 18 heavy (non-hydrogen) atoms. The van der Waals surface area contributed by atoms with Gasteiger partial charge in [-0.1, -0.05) is 11.8 Å². The van der Waals surface area contributed by atoms with Crippen LogP contribution < -0.4 is 0 Å². The van der Waals surface area contributed by atoms with Crippen molar-refractivity contribution in [1.82, 2.24) is 19.9 Å². The Labute approximate surface area is 106 Å². The SMILES string of the molecule is CCOC(=O)C(=O)CSc1ncnc2nc[nH]c12. The van der Waals surface area contributed by atoms with E-state index in [1.165, 1.54) is 12.7 Å². The first-order chi connectivity index (χ1) is 8.72. The Morgan fingerprint density at radius 1 is 1.39 bits per heavy atom. The number of carbonyl (C=O) groups is 2. The van der Waals surface area contributed by atoms with E-state index in [1.54, 1.807) is 6.92 Å². The van der Waals surface area contributed by atoms with E-state index in [-0.39, 0.29) is 12.4 Å². The number of ether oxygens (including phenoxy) is 1. The highest BCUT2D eigenvalue weighted by Gasteiger charge is 2.16. The zero-order valence-electron chi connectivity index (χ0n) is 9.54. The standard InChI is InChI=1S/C10H10N4O3S/c1-2-17-10(16)6(15)3-18-9-7-8(12-4-11-7)13-5-14-9/h4-5H,2-3H2,1H3,(H,11,12,13,14). The Balaban J connectivity index is 2.04. The van der Waals surface area contributed by atoms with Crippen molar-refractivity contribution in [2.45, 2.75) is 11.9 Å². The maximum Gasteiger partial charge on any atom is 0.375 e. The third-order valence-electron chi connectivity index (χ3n) is 2.03. The molecule has 0 bridgehead atoms. The molecule has 2 aromatic rings. The number of hydrogen-bond acceptors (Lipinski definition) is 7. The van der Waals surface area contributed by atoms with E-state index in [9.17, 15) is 9.59 Å². The Bertz CT molecular complexity index is 583. The minimum Gasteiger partial charge on any atom is -0.460 e. The van der Waals surface area contributed by atoms with Crippen molar-refractivity contribution in [3.8, 4) is 0 Å². The van der Waals surface area contributed by atoms with Crippen LogP contribution in [0.2, 0.25) is 0 Å². The maximum absolute atomic E-state index is 11.4. The van der Waals surface area contributed by atoms with E-state index >= 15 is 0 Å². The Morgan fingerprint density at radius 2 is 2.22 bits per heavy atom. The maximum atomic E-state index is 11.4. The monoisotopic (exact) mass is 266 g/mol. The van der Waals surface area contributed by atoms with E-state index in [1.807, 2.05) is 0 Å². The van der Waals surface area contributed by atoms with Crippen LogP contribution in [-0.2, 0) is 14.3 Å². The number of thioether (sulfide) groups is 1. The Kier molecular flexibility index (Phi) is 3.88. The molecule has 8 heteroatoms. The predicted molar refractivity (Wildman–Crippen MR) is 64.0 cm³/mol. The van der Waals surface area contributed by atoms with Gasteiger partial charge >= 0.3 is 5.97 Å². The van der Waals surface area contributed by atoms with Crippen molar-refractivity contribution in [2.24, 2.45) is 0 Å². The number of Topliss-reactive ketones (excluding diaryl/α,β-unsaturated/α-hetero) is 1. The van der Waals surface area contributed by atoms with Gasteiger partial charge in [0.1, 0.15) is 16.9 Å². The first-order valence-corrected chi connectivity index (χ1v) is 6.17. The summed E-state index contributed by atoms with van der Waals surface area (Å²) in [6, 6.07) is 0. The minimum absolute atomic E-state index is 0.0238. The summed E-state index contributed by atoms with van der Waals surface area (Å²) in [6.07, 6.45) is 2.86. The molecule has 0 saturated heterocycles. The van der Waals surface area contributed by atoms with E-state index < -0.39 is 11.8 Å². The average molecular weight is 266 g/mol. The number of imidazole rings is 1. The second-order valence-corrected chi connectivity index (χ2v) is 4.18. The van der Waals surface area contributed by atoms with Gasteiger partial charge < -0.3 is 9.72 Å². The van der Waals surface area contributed by atoms with Gasteiger partial charge in [-0.25, -0.2) is 19.7 Å². The summed E-state index contributed by atoms with van der Waals surface area (Å²) < 4.78 is 4.61. The first kappa shape index (κ1) is 12.5. The van der Waals surface area contributed by atoms with Gasteiger partial charge in [-0.05, 0) is 6.92 Å². The molecule has 7 nitrogen and oxygen atoms in total. The fraction of sp³-hybridized carbons (Fsp3) is 0.300. The summed E-state index contributed by atoms with van der Waals surface area (Å²) in [4.78, 5) is 37.4. The molecule has 0 aliphatic heterocycles. The number of hydrogen-bond donors (Lipinski definition) is 1. The smallest absolute Gasteiger partial charge is 0.375 e. The normalized spacial score (nSPS) is 10.5. The molecule has 0 aliphatic rings. The van der Waals surface area contributed by atoms with Gasteiger partial charge in [0.25, 0.3) is 0 Å². The Morgan fingerprint density at radius 3 is 3.00 bits per heavy atom. The highest BCUT2D eigenvalue weighted by Crippen LogP contribution is 2.21. The molecule has 1 N–H and O–H groups in total. The summed E-state index contributed by atoms with van der Waals surface area (Å²) >= 11 is 1.14. The summed E-state index contributed by atoms with van der Waals surface area (Å²) in [5, 5.41) is 0.579. The van der Waals surface area contributed by atoms with E-state index in [0.29, 0.717) is 16.2 Å². The molecule has 0 aliphatic carbocycles. The molecular formula is C10H10N4O3S. The largest absolute Gasteiger partial charge is 0.460 e. The third-order valence-corrected chi connectivity index (χ3v) is 3.02. The van der Waals surface area contributed by atoms with Gasteiger partial charge in [-0.2, -0.15) is 0 Å². The van der Waals surface area contributed by atoms with Gasteiger partial charge in [-0.3, -0.25) is 4.79 Å². The highest BCUT2D eigenvalue weighted by atomic mass is 32.2. The van der Waals surface area contributed by atoms with Gasteiger partial charge in [0.2, 0.25) is 5.78 Å². The molecular weight excluding hydrogens is 256 g/mol. The van der Waals surface area contributed by atoms with E-state index in [4.69, 9.17) is 0 Å². The average Bonchev–Trinajstić information content (AvgIpc) is 2.84. The van der Waals surface area contributed by atoms with Crippen LogP contribution in [0.25, 0.3) is 11.2 Å². The predicted octanol–water partition coefficient (Wildman–Crippen LogP) is 0.577. The molecule has 0 atom stereocenters. The first-order valence-electron chi connectivity index (χ1n) is 5.19. The molecule has 0 radical (unpaired) electrons. The second kappa shape index (κ2) is 5.58. The zero-order valence-corrected chi connectivity index (χ0v) is 10.4. The number of nitrogens with one attached hydrogen (secondary N) is 1.